The number of hydrogen-bond donors (Lipinski definition) is 2. The van der Waals surface area contributed by atoms with Gasteiger partial charge in [-0.2, -0.15) is 0 Å². The lowest BCUT2D eigenvalue weighted by atomic mass is 9.85. The molecule has 5 heteroatoms. The van der Waals surface area contributed by atoms with E-state index in [1.807, 2.05) is 13.0 Å². The van der Waals surface area contributed by atoms with Gasteiger partial charge in [0, 0.05) is 30.4 Å². The Labute approximate surface area is 114 Å². The van der Waals surface area contributed by atoms with Crippen molar-refractivity contribution in [3.63, 3.8) is 0 Å². The average Bonchev–Trinajstić information content (AvgIpc) is 2.39. The van der Waals surface area contributed by atoms with Crippen LogP contribution < -0.4 is 11.5 Å². The fraction of sp³-hybridized carbons (Fsp3) is 0.643. The van der Waals surface area contributed by atoms with Crippen LogP contribution in [0.15, 0.2) is 12.3 Å². The second kappa shape index (κ2) is 5.45. The number of aryl methyl sites for hydroxylation is 1. The van der Waals surface area contributed by atoms with E-state index in [0.29, 0.717) is 5.82 Å². The Morgan fingerprint density at radius 1 is 1.37 bits per heavy atom. The molecule has 2 heterocycles. The predicted octanol–water partition coefficient (Wildman–Crippen LogP) is 1.08. The summed E-state index contributed by atoms with van der Waals surface area (Å²) in [5.74, 6) is 0.536. The molecule has 0 spiro atoms. The minimum atomic E-state index is -0.175. The Bertz CT molecular complexity index is 421. The van der Waals surface area contributed by atoms with Crippen LogP contribution in [-0.4, -0.2) is 41.7 Å². The Balaban J connectivity index is 2.28. The second-order valence-corrected chi connectivity index (χ2v) is 5.66. The molecule has 0 saturated carbocycles. The summed E-state index contributed by atoms with van der Waals surface area (Å²) in [5.41, 5.74) is 14.4. The van der Waals surface area contributed by atoms with Gasteiger partial charge in [0.15, 0.2) is 0 Å². The molecule has 0 bridgehead atoms. The molecule has 106 valence electrons. The van der Waals surface area contributed by atoms with Crippen molar-refractivity contribution in [1.82, 2.24) is 9.88 Å². The number of anilines is 1. The topological polar surface area (TPSA) is 77.4 Å². The van der Waals surface area contributed by atoms with Crippen LogP contribution in [0.2, 0.25) is 0 Å². The monoisotopic (exact) mass is 264 g/mol. The number of nitrogens with zero attached hydrogens (tertiary/aromatic N) is 2. The van der Waals surface area contributed by atoms with Crippen LogP contribution in [0.1, 0.15) is 31.0 Å². The van der Waals surface area contributed by atoms with Gasteiger partial charge in [0.25, 0.3) is 0 Å². The van der Waals surface area contributed by atoms with Crippen molar-refractivity contribution in [3.8, 4) is 0 Å². The molecule has 0 amide bonds. The highest BCUT2D eigenvalue weighted by Gasteiger charge is 2.36. The number of nitrogen functional groups attached to an aromatic ring is 1. The zero-order valence-corrected chi connectivity index (χ0v) is 12.0. The summed E-state index contributed by atoms with van der Waals surface area (Å²) in [6.07, 6.45) is 1.72. The molecule has 0 radical (unpaired) electrons. The first-order valence-corrected chi connectivity index (χ1v) is 6.74. The molecule has 1 fully saturated rings. The Hall–Kier alpha value is -1.17. The smallest absolute Gasteiger partial charge is 0.128 e. The van der Waals surface area contributed by atoms with Gasteiger partial charge in [-0.3, -0.25) is 4.90 Å². The van der Waals surface area contributed by atoms with Crippen molar-refractivity contribution >= 4 is 5.82 Å². The summed E-state index contributed by atoms with van der Waals surface area (Å²) in [6, 6.07) is 1.79. The van der Waals surface area contributed by atoms with E-state index in [9.17, 15) is 0 Å². The summed E-state index contributed by atoms with van der Waals surface area (Å²) >= 11 is 0. The number of hydrogen-bond acceptors (Lipinski definition) is 5. The summed E-state index contributed by atoms with van der Waals surface area (Å²) in [5, 5.41) is 0. The molecular formula is C14H24N4O. The van der Waals surface area contributed by atoms with E-state index in [1.54, 1.807) is 6.20 Å². The third kappa shape index (κ3) is 2.73. The highest BCUT2D eigenvalue weighted by atomic mass is 16.5. The van der Waals surface area contributed by atoms with Gasteiger partial charge in [0.1, 0.15) is 5.82 Å². The molecule has 1 aromatic heterocycles. The van der Waals surface area contributed by atoms with Gasteiger partial charge in [-0.1, -0.05) is 0 Å². The third-order valence-corrected chi connectivity index (χ3v) is 4.14. The highest BCUT2D eigenvalue weighted by Crippen LogP contribution is 2.33. The van der Waals surface area contributed by atoms with Gasteiger partial charge < -0.3 is 16.2 Å². The van der Waals surface area contributed by atoms with Gasteiger partial charge >= 0.3 is 0 Å². The normalized spacial score (nSPS) is 19.4. The quantitative estimate of drug-likeness (QED) is 0.854. The lowest BCUT2D eigenvalue weighted by Gasteiger charge is -2.45. The molecule has 2 rings (SSSR count). The van der Waals surface area contributed by atoms with Gasteiger partial charge in [-0.15, -0.1) is 0 Å². The number of pyridine rings is 1. The van der Waals surface area contributed by atoms with Crippen LogP contribution in [0.3, 0.4) is 0 Å². The lowest BCUT2D eigenvalue weighted by Crippen LogP contribution is -2.55. The lowest BCUT2D eigenvalue weighted by molar-refractivity contribution is -0.0190. The molecule has 1 aromatic rings. The largest absolute Gasteiger partial charge is 0.383 e. The van der Waals surface area contributed by atoms with Crippen molar-refractivity contribution in [2.75, 3.05) is 32.0 Å². The molecule has 1 aliphatic rings. The predicted molar refractivity (Wildman–Crippen MR) is 76.8 cm³/mol. The minimum absolute atomic E-state index is 0.167. The zero-order chi connectivity index (χ0) is 14.0. The van der Waals surface area contributed by atoms with E-state index in [2.05, 4.69) is 23.7 Å². The maximum absolute atomic E-state index is 6.50. The second-order valence-electron chi connectivity index (χ2n) is 5.66. The van der Waals surface area contributed by atoms with Crippen LogP contribution >= 0.6 is 0 Å². The standard InChI is InChI=1S/C14H24N4O/c1-10-4-5-17-13(16)11(10)12(15)14(2,3)18-6-8-19-9-7-18/h4-5,12H,6-9,15H2,1-3H3,(H2,16,17). The zero-order valence-electron chi connectivity index (χ0n) is 12.0. The van der Waals surface area contributed by atoms with Crippen molar-refractivity contribution in [1.29, 1.82) is 0 Å². The molecule has 1 aliphatic heterocycles. The highest BCUT2D eigenvalue weighted by molar-refractivity contribution is 5.47. The Morgan fingerprint density at radius 2 is 2.00 bits per heavy atom. The summed E-state index contributed by atoms with van der Waals surface area (Å²) in [7, 11) is 0. The van der Waals surface area contributed by atoms with Crippen LogP contribution in [0.4, 0.5) is 5.82 Å². The van der Waals surface area contributed by atoms with Gasteiger partial charge in [-0.05, 0) is 32.4 Å². The average molecular weight is 264 g/mol. The van der Waals surface area contributed by atoms with Crippen molar-refractivity contribution in [2.24, 2.45) is 5.73 Å². The third-order valence-electron chi connectivity index (χ3n) is 4.14. The SMILES string of the molecule is Cc1ccnc(N)c1C(N)C(C)(C)N1CCOCC1. The molecule has 1 unspecified atom stereocenters. The fourth-order valence-corrected chi connectivity index (χ4v) is 2.68. The summed E-state index contributed by atoms with van der Waals surface area (Å²) in [6.45, 7) is 9.68. The van der Waals surface area contributed by atoms with Crippen molar-refractivity contribution in [3.05, 3.63) is 23.4 Å². The van der Waals surface area contributed by atoms with E-state index in [0.717, 1.165) is 37.4 Å². The van der Waals surface area contributed by atoms with Crippen LogP contribution in [0.5, 0.6) is 0 Å². The van der Waals surface area contributed by atoms with E-state index in [-0.39, 0.29) is 11.6 Å². The van der Waals surface area contributed by atoms with Crippen molar-refractivity contribution in [2.45, 2.75) is 32.4 Å². The summed E-state index contributed by atoms with van der Waals surface area (Å²) in [4.78, 5) is 6.54. The molecule has 0 aromatic carbocycles. The molecule has 19 heavy (non-hydrogen) atoms. The molecule has 4 N–H and O–H groups in total. The molecule has 1 saturated heterocycles. The number of ether oxygens (including phenoxy) is 1. The number of rotatable bonds is 3. The number of aromatic nitrogens is 1. The number of morpholine rings is 1. The van der Waals surface area contributed by atoms with Crippen LogP contribution in [-0.2, 0) is 4.74 Å². The molecule has 5 nitrogen and oxygen atoms in total. The summed E-state index contributed by atoms with van der Waals surface area (Å²) < 4.78 is 5.41. The maximum atomic E-state index is 6.50. The maximum Gasteiger partial charge on any atom is 0.128 e. The van der Waals surface area contributed by atoms with E-state index < -0.39 is 0 Å². The van der Waals surface area contributed by atoms with Crippen LogP contribution in [0.25, 0.3) is 0 Å². The first-order valence-electron chi connectivity index (χ1n) is 6.74. The molecule has 1 atom stereocenters. The van der Waals surface area contributed by atoms with E-state index >= 15 is 0 Å². The molecular weight excluding hydrogens is 240 g/mol. The number of nitrogens with two attached hydrogens (primary N) is 2. The Morgan fingerprint density at radius 3 is 2.58 bits per heavy atom. The first kappa shape index (κ1) is 14.2. The van der Waals surface area contributed by atoms with Crippen molar-refractivity contribution < 1.29 is 4.74 Å². The van der Waals surface area contributed by atoms with E-state index in [4.69, 9.17) is 16.2 Å². The van der Waals surface area contributed by atoms with Gasteiger partial charge in [0.05, 0.1) is 19.3 Å². The van der Waals surface area contributed by atoms with Gasteiger partial charge in [-0.25, -0.2) is 4.98 Å². The minimum Gasteiger partial charge on any atom is -0.383 e. The first-order chi connectivity index (χ1) is 8.94. The Kier molecular flexibility index (Phi) is 4.08. The molecule has 0 aliphatic carbocycles. The van der Waals surface area contributed by atoms with Crippen LogP contribution in [0, 0.1) is 6.92 Å². The van der Waals surface area contributed by atoms with Gasteiger partial charge in [0.2, 0.25) is 0 Å². The van der Waals surface area contributed by atoms with E-state index in [1.165, 1.54) is 0 Å². The fourth-order valence-electron chi connectivity index (χ4n) is 2.68.